The van der Waals surface area contributed by atoms with E-state index >= 15 is 0 Å². The minimum absolute atomic E-state index is 0.247. The zero-order chi connectivity index (χ0) is 15.7. The van der Waals surface area contributed by atoms with Crippen LogP contribution in [0.25, 0.3) is 0 Å². The maximum absolute atomic E-state index is 10.5. The molecule has 1 unspecified atom stereocenters. The van der Waals surface area contributed by atoms with Gasteiger partial charge in [-0.1, -0.05) is 13.0 Å². The lowest BCUT2D eigenvalue weighted by Gasteiger charge is -2.12. The van der Waals surface area contributed by atoms with Crippen molar-refractivity contribution in [3.8, 4) is 11.5 Å². The van der Waals surface area contributed by atoms with E-state index in [-0.39, 0.29) is 6.42 Å². The van der Waals surface area contributed by atoms with Gasteiger partial charge < -0.3 is 19.9 Å². The number of hydrogen-bond acceptors (Lipinski definition) is 4. The Labute approximate surface area is 126 Å². The molecule has 0 radical (unpaired) electrons. The van der Waals surface area contributed by atoms with E-state index < -0.39 is 5.97 Å². The summed E-state index contributed by atoms with van der Waals surface area (Å²) in [4.78, 5) is 10.5. The largest absolute Gasteiger partial charge is 0.493 e. The van der Waals surface area contributed by atoms with E-state index in [1.165, 1.54) is 0 Å². The Balaban J connectivity index is 2.31. The first kappa shape index (κ1) is 17.3. The molecule has 5 heteroatoms. The quantitative estimate of drug-likeness (QED) is 0.650. The van der Waals surface area contributed by atoms with Gasteiger partial charge in [0.25, 0.3) is 0 Å². The molecular formula is C16H25NO4. The maximum atomic E-state index is 10.5. The molecule has 0 bridgehead atoms. The molecule has 0 amide bonds. The molecule has 0 aromatic heterocycles. The van der Waals surface area contributed by atoms with E-state index in [0.29, 0.717) is 5.92 Å². The molecule has 1 aromatic carbocycles. The fraction of sp³-hybridized carbons (Fsp3) is 0.562. The average Bonchev–Trinajstić information content (AvgIpc) is 2.49. The van der Waals surface area contributed by atoms with Gasteiger partial charge in [-0.15, -0.1) is 0 Å². The van der Waals surface area contributed by atoms with E-state index in [4.69, 9.17) is 14.6 Å². The zero-order valence-corrected chi connectivity index (χ0v) is 13.0. The number of nitrogens with one attached hydrogen (secondary N) is 1. The van der Waals surface area contributed by atoms with Crippen LogP contribution < -0.4 is 14.8 Å². The fourth-order valence-electron chi connectivity index (χ4n) is 2.09. The van der Waals surface area contributed by atoms with Crippen LogP contribution in [0.2, 0.25) is 0 Å². The molecular weight excluding hydrogens is 270 g/mol. The Morgan fingerprint density at radius 3 is 2.57 bits per heavy atom. The van der Waals surface area contributed by atoms with E-state index in [1.807, 2.05) is 18.2 Å². The van der Waals surface area contributed by atoms with Gasteiger partial charge >= 0.3 is 5.97 Å². The smallest absolute Gasteiger partial charge is 0.303 e. The highest BCUT2D eigenvalue weighted by molar-refractivity contribution is 5.66. The summed E-state index contributed by atoms with van der Waals surface area (Å²) in [5.41, 5.74) is 1.13. The summed E-state index contributed by atoms with van der Waals surface area (Å²) in [6.45, 7) is 3.71. The number of carboxylic acid groups (broad SMARTS) is 1. The van der Waals surface area contributed by atoms with Crippen LogP contribution in [0, 0.1) is 5.92 Å². The highest BCUT2D eigenvalue weighted by atomic mass is 16.5. The van der Waals surface area contributed by atoms with Gasteiger partial charge in [-0.3, -0.25) is 4.79 Å². The molecule has 1 atom stereocenters. The molecule has 21 heavy (non-hydrogen) atoms. The van der Waals surface area contributed by atoms with Gasteiger partial charge in [0.1, 0.15) is 0 Å². The fourth-order valence-corrected chi connectivity index (χ4v) is 2.09. The van der Waals surface area contributed by atoms with Crippen LogP contribution in [0.1, 0.15) is 31.7 Å². The standard InChI is InChI=1S/C16H25NO4/c1-12(4-7-16(18)19)8-9-17-11-13-5-6-14(20-2)15(10-13)21-3/h5-6,10,12,17H,4,7-9,11H2,1-3H3,(H,18,19). The van der Waals surface area contributed by atoms with Gasteiger partial charge in [-0.05, 0) is 43.0 Å². The molecule has 1 aromatic rings. The van der Waals surface area contributed by atoms with Crippen LogP contribution in [0.3, 0.4) is 0 Å². The Hall–Kier alpha value is -1.75. The van der Waals surface area contributed by atoms with Crippen molar-refractivity contribution < 1.29 is 19.4 Å². The van der Waals surface area contributed by atoms with E-state index in [0.717, 1.165) is 43.0 Å². The third-order valence-electron chi connectivity index (χ3n) is 3.44. The zero-order valence-electron chi connectivity index (χ0n) is 13.0. The molecule has 2 N–H and O–H groups in total. The predicted octanol–water partition coefficient (Wildman–Crippen LogP) is 2.68. The molecule has 0 aliphatic carbocycles. The van der Waals surface area contributed by atoms with Crippen LogP contribution in [0.15, 0.2) is 18.2 Å². The molecule has 118 valence electrons. The number of rotatable bonds is 10. The molecule has 0 saturated carbocycles. The minimum atomic E-state index is -0.722. The predicted molar refractivity (Wildman–Crippen MR) is 81.9 cm³/mol. The van der Waals surface area contributed by atoms with Crippen molar-refractivity contribution in [2.24, 2.45) is 5.92 Å². The Morgan fingerprint density at radius 1 is 1.24 bits per heavy atom. The Bertz CT molecular complexity index is 448. The first-order chi connectivity index (χ1) is 10.1. The normalized spacial score (nSPS) is 12.0. The van der Waals surface area contributed by atoms with Gasteiger partial charge in [0.2, 0.25) is 0 Å². The monoisotopic (exact) mass is 295 g/mol. The van der Waals surface area contributed by atoms with Gasteiger partial charge in [0.05, 0.1) is 14.2 Å². The van der Waals surface area contributed by atoms with Crippen LogP contribution >= 0.6 is 0 Å². The lowest BCUT2D eigenvalue weighted by atomic mass is 10.0. The Kier molecular flexibility index (Phi) is 7.61. The van der Waals surface area contributed by atoms with Crippen molar-refractivity contribution in [1.82, 2.24) is 5.32 Å². The summed E-state index contributed by atoms with van der Waals surface area (Å²) in [7, 11) is 3.24. The Morgan fingerprint density at radius 2 is 1.95 bits per heavy atom. The minimum Gasteiger partial charge on any atom is -0.493 e. The van der Waals surface area contributed by atoms with Crippen LogP contribution in [-0.4, -0.2) is 31.8 Å². The summed E-state index contributed by atoms with van der Waals surface area (Å²) in [6, 6.07) is 5.85. The third-order valence-corrected chi connectivity index (χ3v) is 3.44. The van der Waals surface area contributed by atoms with Gasteiger partial charge in [0, 0.05) is 13.0 Å². The van der Waals surface area contributed by atoms with Crippen molar-refractivity contribution in [2.45, 2.75) is 32.7 Å². The van der Waals surface area contributed by atoms with Crippen LogP contribution in [0.4, 0.5) is 0 Å². The summed E-state index contributed by atoms with van der Waals surface area (Å²) < 4.78 is 10.5. The van der Waals surface area contributed by atoms with Crippen molar-refractivity contribution in [2.75, 3.05) is 20.8 Å². The number of aliphatic carboxylic acids is 1. The molecule has 1 rings (SSSR count). The molecule has 0 fully saturated rings. The summed E-state index contributed by atoms with van der Waals surface area (Å²) >= 11 is 0. The molecule has 0 aliphatic heterocycles. The topological polar surface area (TPSA) is 67.8 Å². The first-order valence-electron chi connectivity index (χ1n) is 7.20. The van der Waals surface area contributed by atoms with Crippen molar-refractivity contribution in [3.05, 3.63) is 23.8 Å². The second-order valence-corrected chi connectivity index (χ2v) is 5.19. The second kappa shape index (κ2) is 9.23. The van der Waals surface area contributed by atoms with E-state index in [2.05, 4.69) is 12.2 Å². The molecule has 0 aliphatic rings. The lowest BCUT2D eigenvalue weighted by Crippen LogP contribution is -2.17. The molecule has 5 nitrogen and oxygen atoms in total. The average molecular weight is 295 g/mol. The third kappa shape index (κ3) is 6.49. The summed E-state index contributed by atoms with van der Waals surface area (Å²) in [6.07, 6.45) is 1.95. The molecule has 0 heterocycles. The highest BCUT2D eigenvalue weighted by Crippen LogP contribution is 2.27. The highest BCUT2D eigenvalue weighted by Gasteiger charge is 2.06. The maximum Gasteiger partial charge on any atom is 0.303 e. The number of hydrogen-bond donors (Lipinski definition) is 2. The van der Waals surface area contributed by atoms with Gasteiger partial charge in [-0.25, -0.2) is 0 Å². The number of carboxylic acids is 1. The van der Waals surface area contributed by atoms with Crippen molar-refractivity contribution in [3.63, 3.8) is 0 Å². The second-order valence-electron chi connectivity index (χ2n) is 5.19. The number of methoxy groups -OCH3 is 2. The van der Waals surface area contributed by atoms with Crippen molar-refractivity contribution >= 4 is 5.97 Å². The first-order valence-corrected chi connectivity index (χ1v) is 7.20. The summed E-state index contributed by atoms with van der Waals surface area (Å²) in [5, 5.41) is 12.0. The lowest BCUT2D eigenvalue weighted by molar-refractivity contribution is -0.137. The number of carbonyl (C=O) groups is 1. The van der Waals surface area contributed by atoms with Crippen LogP contribution in [0.5, 0.6) is 11.5 Å². The summed E-state index contributed by atoms with van der Waals surface area (Å²) in [5.74, 6) is 1.15. The van der Waals surface area contributed by atoms with E-state index in [1.54, 1.807) is 14.2 Å². The van der Waals surface area contributed by atoms with Gasteiger partial charge in [-0.2, -0.15) is 0 Å². The number of benzene rings is 1. The SMILES string of the molecule is COc1ccc(CNCCC(C)CCC(=O)O)cc1OC. The van der Waals surface area contributed by atoms with Gasteiger partial charge in [0.15, 0.2) is 11.5 Å². The van der Waals surface area contributed by atoms with E-state index in [9.17, 15) is 4.79 Å². The number of ether oxygens (including phenoxy) is 2. The van der Waals surface area contributed by atoms with Crippen molar-refractivity contribution in [1.29, 1.82) is 0 Å². The van der Waals surface area contributed by atoms with Crippen LogP contribution in [-0.2, 0) is 11.3 Å². The molecule has 0 spiro atoms. The molecule has 0 saturated heterocycles.